The van der Waals surface area contributed by atoms with E-state index in [2.05, 4.69) is 53.5 Å². The van der Waals surface area contributed by atoms with Gasteiger partial charge in [0.15, 0.2) is 5.82 Å². The number of aromatic nitrogens is 5. The molecule has 2 aliphatic rings. The summed E-state index contributed by atoms with van der Waals surface area (Å²) in [5.41, 5.74) is 3.56. The molecule has 1 aliphatic carbocycles. The lowest BCUT2D eigenvalue weighted by molar-refractivity contribution is -0.117. The fourth-order valence-electron chi connectivity index (χ4n) is 4.93. The van der Waals surface area contributed by atoms with Gasteiger partial charge in [-0.3, -0.25) is 9.89 Å². The normalized spacial score (nSPS) is 18.7. The average Bonchev–Trinajstić information content (AvgIpc) is 3.54. The van der Waals surface area contributed by atoms with E-state index in [-0.39, 0.29) is 11.3 Å². The summed E-state index contributed by atoms with van der Waals surface area (Å²) in [5, 5.41) is 13.8. The van der Waals surface area contributed by atoms with Crippen molar-refractivity contribution < 1.29 is 9.18 Å². The molecular weight excluding hydrogens is 447 g/mol. The number of fused-ring (bicyclic) bond motifs is 1. The monoisotopic (exact) mass is 478 g/mol. The molecule has 10 heteroatoms. The summed E-state index contributed by atoms with van der Waals surface area (Å²) < 4.78 is 13.1. The Morgan fingerprint density at radius 1 is 1.29 bits per heavy atom. The number of aryl methyl sites for hydroxylation is 1. The van der Waals surface area contributed by atoms with Gasteiger partial charge in [0, 0.05) is 23.9 Å². The van der Waals surface area contributed by atoms with Gasteiger partial charge in [-0.15, -0.1) is 0 Å². The van der Waals surface area contributed by atoms with Crippen LogP contribution in [0.1, 0.15) is 69.8 Å². The first-order valence-corrected chi connectivity index (χ1v) is 12.1. The van der Waals surface area contributed by atoms with Gasteiger partial charge in [0.2, 0.25) is 17.8 Å². The zero-order chi connectivity index (χ0) is 24.7. The zero-order valence-electron chi connectivity index (χ0n) is 20.5. The van der Waals surface area contributed by atoms with E-state index < -0.39 is 12.0 Å². The van der Waals surface area contributed by atoms with Crippen LogP contribution in [0, 0.1) is 5.95 Å². The summed E-state index contributed by atoms with van der Waals surface area (Å²) in [6.45, 7) is 9.32. The quantitative estimate of drug-likeness (QED) is 0.449. The van der Waals surface area contributed by atoms with Crippen LogP contribution in [-0.4, -0.2) is 43.6 Å². The number of aromatic amines is 1. The van der Waals surface area contributed by atoms with Gasteiger partial charge in [-0.2, -0.15) is 14.5 Å². The van der Waals surface area contributed by atoms with Gasteiger partial charge in [0.05, 0.1) is 17.6 Å². The van der Waals surface area contributed by atoms with Gasteiger partial charge in [0.1, 0.15) is 11.9 Å². The van der Waals surface area contributed by atoms with Crippen LogP contribution in [0.25, 0.3) is 0 Å². The summed E-state index contributed by atoms with van der Waals surface area (Å²) in [5.74, 6) is 1.56. The van der Waals surface area contributed by atoms with Crippen LogP contribution < -0.4 is 15.5 Å². The van der Waals surface area contributed by atoms with Crippen molar-refractivity contribution in [2.24, 2.45) is 0 Å². The molecule has 1 fully saturated rings. The van der Waals surface area contributed by atoms with Crippen molar-refractivity contribution in [1.29, 1.82) is 0 Å². The molecule has 0 aromatic carbocycles. The summed E-state index contributed by atoms with van der Waals surface area (Å²) in [7, 11) is 0. The Hall–Kier alpha value is -3.56. The predicted octanol–water partition coefficient (Wildman–Crippen LogP) is 4.43. The molecule has 4 heterocycles. The van der Waals surface area contributed by atoms with E-state index in [9.17, 15) is 9.18 Å². The summed E-state index contributed by atoms with van der Waals surface area (Å²) >= 11 is 0. The third kappa shape index (κ3) is 4.56. The fourth-order valence-corrected chi connectivity index (χ4v) is 4.93. The van der Waals surface area contributed by atoms with Crippen molar-refractivity contribution in [3.8, 4) is 0 Å². The number of anilines is 4. The minimum atomic E-state index is -0.586. The molecule has 3 aromatic rings. The number of hydrogen-bond acceptors (Lipinski definition) is 7. The highest BCUT2D eigenvalue weighted by atomic mass is 19.1. The second-order valence-electron chi connectivity index (χ2n) is 10.3. The van der Waals surface area contributed by atoms with E-state index in [1.165, 1.54) is 18.3 Å². The van der Waals surface area contributed by atoms with Crippen molar-refractivity contribution in [1.82, 2.24) is 25.1 Å². The van der Waals surface area contributed by atoms with Crippen LogP contribution in [0.5, 0.6) is 0 Å². The second kappa shape index (κ2) is 8.90. The van der Waals surface area contributed by atoms with Crippen LogP contribution in [-0.2, 0) is 16.6 Å². The van der Waals surface area contributed by atoms with Crippen LogP contribution in [0.3, 0.4) is 0 Å². The molecule has 0 saturated carbocycles. The largest absolute Gasteiger partial charge is 0.329 e. The van der Waals surface area contributed by atoms with E-state index in [1.54, 1.807) is 0 Å². The molecule has 3 aromatic heterocycles. The molecule has 3 N–H and O–H groups in total. The zero-order valence-corrected chi connectivity index (χ0v) is 20.5. The highest BCUT2D eigenvalue weighted by Crippen LogP contribution is 2.43. The molecule has 1 saturated heterocycles. The van der Waals surface area contributed by atoms with Crippen LogP contribution in [0.2, 0.25) is 0 Å². The average molecular weight is 479 g/mol. The molecule has 1 aliphatic heterocycles. The molecule has 0 radical (unpaired) electrons. The Morgan fingerprint density at radius 3 is 2.83 bits per heavy atom. The van der Waals surface area contributed by atoms with E-state index >= 15 is 0 Å². The summed E-state index contributed by atoms with van der Waals surface area (Å²) in [6, 6.07) is 4.32. The summed E-state index contributed by atoms with van der Waals surface area (Å²) in [6.07, 6.45) is 4.69. The Labute approximate surface area is 204 Å². The smallest absolute Gasteiger partial charge is 0.247 e. The highest BCUT2D eigenvalue weighted by Gasteiger charge is 2.38. The van der Waals surface area contributed by atoms with Crippen LogP contribution >= 0.6 is 0 Å². The van der Waals surface area contributed by atoms with E-state index in [4.69, 9.17) is 9.97 Å². The Morgan fingerprint density at radius 2 is 2.11 bits per heavy atom. The first-order valence-electron chi connectivity index (χ1n) is 12.1. The maximum Gasteiger partial charge on any atom is 0.247 e. The number of rotatable bonds is 6. The van der Waals surface area contributed by atoms with Gasteiger partial charge in [-0.25, -0.2) is 9.97 Å². The summed E-state index contributed by atoms with van der Waals surface area (Å²) in [4.78, 5) is 28.5. The van der Waals surface area contributed by atoms with Gasteiger partial charge in [-0.05, 0) is 49.1 Å². The number of nitrogens with zero attached hydrogens (tertiary/aromatic N) is 5. The minimum absolute atomic E-state index is 0.0647. The number of H-pyrrole nitrogens is 1. The van der Waals surface area contributed by atoms with Gasteiger partial charge >= 0.3 is 0 Å². The van der Waals surface area contributed by atoms with Gasteiger partial charge in [0.25, 0.3) is 0 Å². The topological polar surface area (TPSA) is 112 Å². The first-order chi connectivity index (χ1) is 16.7. The molecular formula is C25H31FN8O. The van der Waals surface area contributed by atoms with Crippen LogP contribution in [0.4, 0.5) is 27.7 Å². The molecule has 9 nitrogen and oxygen atoms in total. The molecule has 0 unspecified atom stereocenters. The molecule has 1 amide bonds. The molecule has 184 valence electrons. The Kier molecular flexibility index (Phi) is 5.90. The van der Waals surface area contributed by atoms with Crippen molar-refractivity contribution in [3.63, 3.8) is 0 Å². The molecule has 5 rings (SSSR count). The molecule has 1 atom stereocenters. The minimum Gasteiger partial charge on any atom is -0.329 e. The highest BCUT2D eigenvalue weighted by molar-refractivity contribution is 5.97. The van der Waals surface area contributed by atoms with Crippen molar-refractivity contribution in [2.45, 2.75) is 70.8 Å². The third-order valence-electron chi connectivity index (χ3n) is 6.91. The maximum absolute atomic E-state index is 13.1. The standard InChI is InChI=1S/C25H31FN8O/c1-14(2)17-12-20(33-32-17)30-22-21-16(9-10-25(21,3)4)29-24(31-22)34-11-5-6-18(34)23(35)28-15-7-8-19(26)27-13-15/h7-8,12-14,18H,5-6,9-11H2,1-4H3,(H,28,35)(H2,29,30,31,32,33)/t18-/m0/s1. The maximum atomic E-state index is 13.1. The molecule has 0 bridgehead atoms. The third-order valence-corrected chi connectivity index (χ3v) is 6.91. The SMILES string of the molecule is CC(C)c1cc(Nc2nc(N3CCC[C@H]3C(=O)Nc3ccc(F)nc3)nc3c2C(C)(C)CC3)n[nH]1. The second-order valence-corrected chi connectivity index (χ2v) is 10.3. The Bertz CT molecular complexity index is 1240. The number of halogens is 1. The number of carbonyl (C=O) groups is 1. The van der Waals surface area contributed by atoms with E-state index in [0.29, 0.717) is 36.3 Å². The molecule has 0 spiro atoms. The first kappa shape index (κ1) is 23.2. The van der Waals surface area contributed by atoms with E-state index in [1.807, 2.05) is 11.0 Å². The van der Waals surface area contributed by atoms with Crippen molar-refractivity contribution >= 4 is 29.2 Å². The molecule has 35 heavy (non-hydrogen) atoms. The number of hydrogen-bond donors (Lipinski definition) is 3. The number of pyridine rings is 1. The Balaban J connectivity index is 1.45. The lowest BCUT2D eigenvalue weighted by atomic mass is 9.87. The van der Waals surface area contributed by atoms with E-state index in [0.717, 1.165) is 42.0 Å². The fraction of sp³-hybridized carbons (Fsp3) is 0.480. The van der Waals surface area contributed by atoms with Crippen molar-refractivity contribution in [3.05, 3.63) is 47.3 Å². The lowest BCUT2D eigenvalue weighted by Crippen LogP contribution is -2.41. The number of nitrogens with one attached hydrogen (secondary N) is 3. The lowest BCUT2D eigenvalue weighted by Gasteiger charge is -2.27. The number of amides is 1. The predicted molar refractivity (Wildman–Crippen MR) is 133 cm³/mol. The number of carbonyl (C=O) groups excluding carboxylic acids is 1. The van der Waals surface area contributed by atoms with Gasteiger partial charge in [-0.1, -0.05) is 27.7 Å². The van der Waals surface area contributed by atoms with Gasteiger partial charge < -0.3 is 15.5 Å². The van der Waals surface area contributed by atoms with Crippen molar-refractivity contribution in [2.75, 3.05) is 22.1 Å². The van der Waals surface area contributed by atoms with Crippen LogP contribution in [0.15, 0.2) is 24.4 Å².